The number of nitrogens with zero attached hydrogens (tertiary/aromatic N) is 1. The van der Waals surface area contributed by atoms with Crippen molar-refractivity contribution in [2.24, 2.45) is 0 Å². The number of aryl methyl sites for hydroxylation is 1. The Morgan fingerprint density at radius 1 is 1.08 bits per heavy atom. The maximum Gasteiger partial charge on any atom is 0.343 e. The van der Waals surface area contributed by atoms with Gasteiger partial charge >= 0.3 is 5.97 Å². The van der Waals surface area contributed by atoms with Crippen molar-refractivity contribution in [2.75, 3.05) is 7.11 Å². The average molecular weight is 654 g/mol. The standard InChI is InChI=1S/C26H18Cl2INO5S/c1-14-3-5-16(6-4-14)25(32)35-23-20(29)9-15(10-21(23)34-2)11-22-24(31)30(26(33)36-22)13-17-7-8-18(27)12-19(17)28/h3-12H,13H2,1-2H3/b22-11-. The van der Waals surface area contributed by atoms with Crippen molar-refractivity contribution in [3.63, 3.8) is 0 Å². The zero-order valence-corrected chi connectivity index (χ0v) is 23.5. The molecule has 1 aliphatic rings. The van der Waals surface area contributed by atoms with Crippen molar-refractivity contribution in [1.82, 2.24) is 4.90 Å². The molecule has 0 aromatic heterocycles. The fourth-order valence-electron chi connectivity index (χ4n) is 3.37. The predicted octanol–water partition coefficient (Wildman–Crippen LogP) is 7.37. The van der Waals surface area contributed by atoms with Crippen LogP contribution in [0, 0.1) is 10.5 Å². The number of hydrogen-bond donors (Lipinski definition) is 0. The zero-order valence-electron chi connectivity index (χ0n) is 19.0. The SMILES string of the molecule is COc1cc(/C=C2\SC(=O)N(Cc3ccc(Cl)cc3Cl)C2=O)cc(I)c1OC(=O)c1ccc(C)cc1. The predicted molar refractivity (Wildman–Crippen MR) is 150 cm³/mol. The number of benzene rings is 3. The second kappa shape index (κ2) is 11.2. The highest BCUT2D eigenvalue weighted by atomic mass is 127. The third-order valence-electron chi connectivity index (χ3n) is 5.25. The van der Waals surface area contributed by atoms with Gasteiger partial charge in [0.15, 0.2) is 11.5 Å². The van der Waals surface area contributed by atoms with Gasteiger partial charge in [-0.2, -0.15) is 0 Å². The largest absolute Gasteiger partial charge is 0.493 e. The lowest BCUT2D eigenvalue weighted by Gasteiger charge is -2.14. The molecule has 6 nitrogen and oxygen atoms in total. The maximum atomic E-state index is 13.0. The van der Waals surface area contributed by atoms with Gasteiger partial charge in [-0.1, -0.05) is 47.0 Å². The van der Waals surface area contributed by atoms with Gasteiger partial charge in [0.25, 0.3) is 11.1 Å². The fraction of sp³-hybridized carbons (Fsp3) is 0.115. The lowest BCUT2D eigenvalue weighted by Crippen LogP contribution is -2.27. The molecule has 0 spiro atoms. The van der Waals surface area contributed by atoms with Crippen LogP contribution in [0.1, 0.15) is 27.0 Å². The molecule has 0 aliphatic carbocycles. The van der Waals surface area contributed by atoms with Crippen molar-refractivity contribution in [2.45, 2.75) is 13.5 Å². The van der Waals surface area contributed by atoms with E-state index in [0.717, 1.165) is 22.2 Å². The van der Waals surface area contributed by atoms with Crippen LogP contribution in [-0.4, -0.2) is 29.1 Å². The number of carbonyl (C=O) groups excluding carboxylic acids is 3. The Labute approximate surface area is 235 Å². The number of rotatable bonds is 6. The number of esters is 1. The van der Waals surface area contributed by atoms with Gasteiger partial charge in [0.2, 0.25) is 0 Å². The van der Waals surface area contributed by atoms with E-state index in [1.165, 1.54) is 7.11 Å². The molecule has 1 heterocycles. The molecule has 1 aliphatic heterocycles. The van der Waals surface area contributed by atoms with Gasteiger partial charge in [0.05, 0.1) is 27.7 Å². The van der Waals surface area contributed by atoms with Crippen molar-refractivity contribution in [1.29, 1.82) is 0 Å². The summed E-state index contributed by atoms with van der Waals surface area (Å²) in [6, 6.07) is 15.3. The van der Waals surface area contributed by atoms with Crippen molar-refractivity contribution in [3.05, 3.63) is 95.4 Å². The number of thioether (sulfide) groups is 1. The molecule has 0 unspecified atom stereocenters. The zero-order chi connectivity index (χ0) is 26.0. The van der Waals surface area contributed by atoms with Gasteiger partial charge in [-0.25, -0.2) is 4.79 Å². The van der Waals surface area contributed by atoms with E-state index in [9.17, 15) is 14.4 Å². The van der Waals surface area contributed by atoms with E-state index in [4.69, 9.17) is 32.7 Å². The number of methoxy groups -OCH3 is 1. The van der Waals surface area contributed by atoms with Crippen LogP contribution >= 0.6 is 57.6 Å². The summed E-state index contributed by atoms with van der Waals surface area (Å²) in [7, 11) is 1.46. The highest BCUT2D eigenvalue weighted by Crippen LogP contribution is 2.38. The van der Waals surface area contributed by atoms with Gasteiger partial charge in [-0.05, 0) is 94.9 Å². The quantitative estimate of drug-likeness (QED) is 0.120. The van der Waals surface area contributed by atoms with Gasteiger partial charge in [-0.3, -0.25) is 14.5 Å². The number of carbonyl (C=O) groups is 3. The van der Waals surface area contributed by atoms with Crippen LogP contribution in [0.4, 0.5) is 4.79 Å². The summed E-state index contributed by atoms with van der Waals surface area (Å²) in [4.78, 5) is 39.5. The van der Waals surface area contributed by atoms with E-state index >= 15 is 0 Å². The maximum absolute atomic E-state index is 13.0. The molecule has 36 heavy (non-hydrogen) atoms. The van der Waals surface area contributed by atoms with Gasteiger partial charge in [0, 0.05) is 10.0 Å². The molecule has 0 bridgehead atoms. The molecule has 10 heteroatoms. The lowest BCUT2D eigenvalue weighted by molar-refractivity contribution is -0.123. The van der Waals surface area contributed by atoms with Crippen LogP contribution in [0.3, 0.4) is 0 Å². The summed E-state index contributed by atoms with van der Waals surface area (Å²) in [6.45, 7) is 1.97. The molecular formula is C26H18Cl2INO5S. The second-order valence-electron chi connectivity index (χ2n) is 7.79. The minimum Gasteiger partial charge on any atom is -0.493 e. The van der Waals surface area contributed by atoms with E-state index in [1.54, 1.807) is 48.5 Å². The average Bonchev–Trinajstić information content (AvgIpc) is 3.09. The molecular weight excluding hydrogens is 636 g/mol. The molecule has 2 amide bonds. The number of hydrogen-bond acceptors (Lipinski definition) is 6. The normalized spacial score (nSPS) is 14.5. The van der Waals surface area contributed by atoms with Crippen LogP contribution in [0.15, 0.2) is 59.5 Å². The molecule has 0 N–H and O–H groups in total. The molecule has 0 atom stereocenters. The molecule has 3 aromatic rings. The summed E-state index contributed by atoms with van der Waals surface area (Å²) in [6.07, 6.45) is 1.60. The summed E-state index contributed by atoms with van der Waals surface area (Å²) in [5, 5.41) is 0.442. The van der Waals surface area contributed by atoms with Crippen molar-refractivity contribution in [3.8, 4) is 11.5 Å². The molecule has 184 valence electrons. The Morgan fingerprint density at radius 3 is 2.47 bits per heavy atom. The van der Waals surface area contributed by atoms with E-state index < -0.39 is 17.1 Å². The Balaban J connectivity index is 1.56. The lowest BCUT2D eigenvalue weighted by atomic mass is 10.1. The Morgan fingerprint density at radius 2 is 1.81 bits per heavy atom. The van der Waals surface area contributed by atoms with Crippen LogP contribution in [0.2, 0.25) is 10.0 Å². The summed E-state index contributed by atoms with van der Waals surface area (Å²) in [5.41, 5.74) is 2.67. The Kier molecular flexibility index (Phi) is 8.29. The first kappa shape index (κ1) is 26.5. The van der Waals surface area contributed by atoms with E-state index in [-0.39, 0.29) is 17.2 Å². The first-order chi connectivity index (χ1) is 17.2. The van der Waals surface area contributed by atoms with Gasteiger partial charge in [-0.15, -0.1) is 0 Å². The third-order valence-corrected chi connectivity index (χ3v) is 7.54. The smallest absolute Gasteiger partial charge is 0.343 e. The number of amides is 2. The fourth-order valence-corrected chi connectivity index (χ4v) is 5.41. The molecule has 0 radical (unpaired) electrons. The molecule has 3 aromatic carbocycles. The van der Waals surface area contributed by atoms with Crippen molar-refractivity contribution < 1.29 is 23.9 Å². The van der Waals surface area contributed by atoms with Crippen LogP contribution in [0.25, 0.3) is 6.08 Å². The highest BCUT2D eigenvalue weighted by molar-refractivity contribution is 14.1. The van der Waals surface area contributed by atoms with E-state index in [0.29, 0.717) is 36.1 Å². The first-order valence-electron chi connectivity index (χ1n) is 10.5. The van der Waals surface area contributed by atoms with Gasteiger partial charge in [0.1, 0.15) is 0 Å². The van der Waals surface area contributed by atoms with Crippen LogP contribution < -0.4 is 9.47 Å². The number of imide groups is 1. The Bertz CT molecular complexity index is 1410. The Hall–Kier alpha value is -2.53. The van der Waals surface area contributed by atoms with E-state index in [1.807, 2.05) is 41.6 Å². The van der Waals surface area contributed by atoms with Crippen molar-refractivity contribution >= 4 is 80.7 Å². The third kappa shape index (κ3) is 5.88. The monoisotopic (exact) mass is 653 g/mol. The molecule has 1 saturated heterocycles. The number of halogens is 3. The number of ether oxygens (including phenoxy) is 2. The summed E-state index contributed by atoms with van der Waals surface area (Å²) in [5.74, 6) is -0.354. The summed E-state index contributed by atoms with van der Waals surface area (Å²) >= 11 is 15.0. The molecule has 4 rings (SSSR count). The van der Waals surface area contributed by atoms with Crippen LogP contribution in [0.5, 0.6) is 11.5 Å². The molecule has 0 saturated carbocycles. The minimum absolute atomic E-state index is 0.0345. The topological polar surface area (TPSA) is 72.9 Å². The van der Waals surface area contributed by atoms with E-state index in [2.05, 4.69) is 0 Å². The second-order valence-corrected chi connectivity index (χ2v) is 10.8. The molecule has 1 fully saturated rings. The van der Waals surface area contributed by atoms with Crippen LogP contribution in [-0.2, 0) is 11.3 Å². The van der Waals surface area contributed by atoms with Gasteiger partial charge < -0.3 is 9.47 Å². The summed E-state index contributed by atoms with van der Waals surface area (Å²) < 4.78 is 11.7. The minimum atomic E-state index is -0.513. The first-order valence-corrected chi connectivity index (χ1v) is 13.2. The highest BCUT2D eigenvalue weighted by Gasteiger charge is 2.35.